The van der Waals surface area contributed by atoms with Gasteiger partial charge in [-0.25, -0.2) is 0 Å². The Kier molecular flexibility index (Phi) is 2.49. The van der Waals surface area contributed by atoms with Crippen LogP contribution in [-0.2, 0) is 6.42 Å². The van der Waals surface area contributed by atoms with Gasteiger partial charge in [-0.1, -0.05) is 6.92 Å². The lowest BCUT2D eigenvalue weighted by Crippen LogP contribution is -1.91. The molecule has 0 spiro atoms. The van der Waals surface area contributed by atoms with E-state index < -0.39 is 0 Å². The maximum Gasteiger partial charge on any atom is 0.232 e. The van der Waals surface area contributed by atoms with Crippen molar-refractivity contribution < 1.29 is 5.11 Å². The van der Waals surface area contributed by atoms with E-state index in [1.807, 2.05) is 18.7 Å². The minimum atomic E-state index is 0.185. The molecule has 2 rings (SSSR count). The molecule has 1 aromatic heterocycles. The van der Waals surface area contributed by atoms with E-state index in [-0.39, 0.29) is 5.88 Å². The molecule has 1 aliphatic heterocycles. The van der Waals surface area contributed by atoms with E-state index in [2.05, 4.69) is 9.97 Å². The summed E-state index contributed by atoms with van der Waals surface area (Å²) in [5.41, 5.74) is 0.863. The van der Waals surface area contributed by atoms with Crippen molar-refractivity contribution in [3.63, 3.8) is 0 Å². The molecule has 1 atom stereocenters. The maximum absolute atomic E-state index is 9.44. The number of imidazole rings is 1. The van der Waals surface area contributed by atoms with Crippen molar-refractivity contribution in [3.8, 4) is 5.88 Å². The Hall–Kier alpha value is -0.640. The van der Waals surface area contributed by atoms with Crippen LogP contribution in [0.15, 0.2) is 0 Å². The highest BCUT2D eigenvalue weighted by Crippen LogP contribution is 2.39. The van der Waals surface area contributed by atoms with Gasteiger partial charge in [0.1, 0.15) is 5.82 Å². The highest BCUT2D eigenvalue weighted by molar-refractivity contribution is 7.99. The first-order valence-electron chi connectivity index (χ1n) is 4.70. The van der Waals surface area contributed by atoms with Crippen LogP contribution >= 0.6 is 11.8 Å². The van der Waals surface area contributed by atoms with Crippen LogP contribution in [0.3, 0.4) is 0 Å². The molecule has 1 unspecified atom stereocenters. The number of hydrogen-bond acceptors (Lipinski definition) is 3. The van der Waals surface area contributed by atoms with Gasteiger partial charge in [0.15, 0.2) is 0 Å². The Morgan fingerprint density at radius 1 is 1.69 bits per heavy atom. The number of H-pyrrole nitrogens is 1. The zero-order chi connectivity index (χ0) is 9.26. The standard InChI is InChI=1S/C9H14N2OS/c1-2-6-9(12)11-8(10-6)7-4-3-5-13-7/h7,12H,2-5H2,1H3,(H,10,11). The van der Waals surface area contributed by atoms with Crippen molar-refractivity contribution in [1.29, 1.82) is 0 Å². The van der Waals surface area contributed by atoms with Gasteiger partial charge in [-0.3, -0.25) is 0 Å². The zero-order valence-electron chi connectivity index (χ0n) is 7.71. The number of nitrogens with one attached hydrogen (secondary N) is 1. The summed E-state index contributed by atoms with van der Waals surface area (Å²) in [7, 11) is 0. The van der Waals surface area contributed by atoms with Gasteiger partial charge in [-0.15, -0.1) is 0 Å². The molecule has 1 saturated heterocycles. The Morgan fingerprint density at radius 2 is 2.54 bits per heavy atom. The predicted octanol–water partition coefficient (Wildman–Crippen LogP) is 2.25. The summed E-state index contributed by atoms with van der Waals surface area (Å²) in [5, 5.41) is 9.92. The van der Waals surface area contributed by atoms with Crippen LogP contribution < -0.4 is 0 Å². The number of thioether (sulfide) groups is 1. The molecule has 2 N–H and O–H groups in total. The van der Waals surface area contributed by atoms with Crippen LogP contribution in [0.5, 0.6) is 5.88 Å². The molecule has 4 heteroatoms. The molecule has 0 bridgehead atoms. The van der Waals surface area contributed by atoms with Crippen LogP contribution in [-0.4, -0.2) is 20.8 Å². The Morgan fingerprint density at radius 3 is 3.08 bits per heavy atom. The summed E-state index contributed by atoms with van der Waals surface area (Å²) in [6.45, 7) is 2.01. The monoisotopic (exact) mass is 198 g/mol. The summed E-state index contributed by atoms with van der Waals surface area (Å²) in [6.07, 6.45) is 3.26. The molecule has 72 valence electrons. The molecule has 0 aromatic carbocycles. The van der Waals surface area contributed by atoms with Crippen LogP contribution in [0.4, 0.5) is 0 Å². The molecule has 13 heavy (non-hydrogen) atoms. The molecule has 2 heterocycles. The largest absolute Gasteiger partial charge is 0.492 e. The molecule has 0 radical (unpaired) electrons. The van der Waals surface area contributed by atoms with E-state index in [1.54, 1.807) is 0 Å². The average molecular weight is 198 g/mol. The molecule has 1 fully saturated rings. The minimum absolute atomic E-state index is 0.185. The Balaban J connectivity index is 2.20. The topological polar surface area (TPSA) is 48.9 Å². The van der Waals surface area contributed by atoms with E-state index >= 15 is 0 Å². The van der Waals surface area contributed by atoms with E-state index in [1.165, 1.54) is 18.6 Å². The number of nitrogens with zero attached hydrogens (tertiary/aromatic N) is 1. The summed E-state index contributed by atoms with van der Waals surface area (Å²) in [5.74, 6) is 2.36. The summed E-state index contributed by atoms with van der Waals surface area (Å²) in [6, 6.07) is 0. The molecule has 1 aliphatic rings. The van der Waals surface area contributed by atoms with Crippen LogP contribution in [0.25, 0.3) is 0 Å². The second kappa shape index (κ2) is 3.62. The number of aryl methyl sites for hydroxylation is 1. The van der Waals surface area contributed by atoms with Gasteiger partial charge in [0.05, 0.1) is 10.9 Å². The quantitative estimate of drug-likeness (QED) is 0.766. The fourth-order valence-corrected chi connectivity index (χ4v) is 2.83. The number of rotatable bonds is 2. The summed E-state index contributed by atoms with van der Waals surface area (Å²) >= 11 is 1.92. The highest BCUT2D eigenvalue weighted by atomic mass is 32.2. The third-order valence-electron chi connectivity index (χ3n) is 2.36. The lowest BCUT2D eigenvalue weighted by atomic mass is 10.2. The second-order valence-corrected chi connectivity index (χ2v) is 4.59. The van der Waals surface area contributed by atoms with Crippen LogP contribution in [0.1, 0.15) is 36.5 Å². The SMILES string of the molecule is CCc1[nH]c(C2CCCS2)nc1O. The Labute approximate surface area is 82.0 Å². The molecular weight excluding hydrogens is 184 g/mol. The van der Waals surface area contributed by atoms with Crippen molar-refractivity contribution in [3.05, 3.63) is 11.5 Å². The normalized spacial score (nSPS) is 22.4. The smallest absolute Gasteiger partial charge is 0.232 e. The van der Waals surface area contributed by atoms with Crippen molar-refractivity contribution >= 4 is 11.8 Å². The van der Waals surface area contributed by atoms with Crippen molar-refractivity contribution in [2.75, 3.05) is 5.75 Å². The molecular formula is C9H14N2OS. The molecule has 0 aliphatic carbocycles. The fraction of sp³-hybridized carbons (Fsp3) is 0.667. The number of aromatic nitrogens is 2. The van der Waals surface area contributed by atoms with E-state index in [0.29, 0.717) is 5.25 Å². The first-order valence-corrected chi connectivity index (χ1v) is 5.75. The van der Waals surface area contributed by atoms with Crippen LogP contribution in [0, 0.1) is 0 Å². The first kappa shape index (κ1) is 8.94. The molecule has 1 aromatic rings. The van der Waals surface area contributed by atoms with Crippen LogP contribution in [0.2, 0.25) is 0 Å². The van der Waals surface area contributed by atoms with Gasteiger partial charge in [0.25, 0.3) is 0 Å². The third-order valence-corrected chi connectivity index (χ3v) is 3.75. The van der Waals surface area contributed by atoms with Crippen molar-refractivity contribution in [2.45, 2.75) is 31.4 Å². The lowest BCUT2D eigenvalue weighted by Gasteiger charge is -2.02. The predicted molar refractivity (Wildman–Crippen MR) is 54.1 cm³/mol. The summed E-state index contributed by atoms with van der Waals surface area (Å²) in [4.78, 5) is 7.33. The van der Waals surface area contributed by atoms with Gasteiger partial charge in [-0.05, 0) is 25.0 Å². The van der Waals surface area contributed by atoms with Gasteiger partial charge in [0.2, 0.25) is 5.88 Å². The number of hydrogen-bond donors (Lipinski definition) is 2. The molecule has 3 nitrogen and oxygen atoms in total. The van der Waals surface area contributed by atoms with Gasteiger partial charge >= 0.3 is 0 Å². The maximum atomic E-state index is 9.44. The third kappa shape index (κ3) is 1.68. The number of aromatic hydroxyl groups is 1. The van der Waals surface area contributed by atoms with Gasteiger partial charge in [0, 0.05) is 0 Å². The van der Waals surface area contributed by atoms with E-state index in [4.69, 9.17) is 0 Å². The summed E-state index contributed by atoms with van der Waals surface area (Å²) < 4.78 is 0. The average Bonchev–Trinajstić information content (AvgIpc) is 2.71. The lowest BCUT2D eigenvalue weighted by molar-refractivity contribution is 0.449. The molecule has 0 saturated carbocycles. The van der Waals surface area contributed by atoms with Crippen molar-refractivity contribution in [2.24, 2.45) is 0 Å². The van der Waals surface area contributed by atoms with E-state index in [9.17, 15) is 5.11 Å². The van der Waals surface area contributed by atoms with Gasteiger partial charge in [-0.2, -0.15) is 16.7 Å². The Bertz CT molecular complexity index is 292. The van der Waals surface area contributed by atoms with Gasteiger partial charge < -0.3 is 10.1 Å². The minimum Gasteiger partial charge on any atom is -0.492 e. The van der Waals surface area contributed by atoms with E-state index in [0.717, 1.165) is 17.9 Å². The first-order chi connectivity index (χ1) is 6.31. The molecule has 0 amide bonds. The highest BCUT2D eigenvalue weighted by Gasteiger charge is 2.21. The van der Waals surface area contributed by atoms with Crippen molar-refractivity contribution in [1.82, 2.24) is 9.97 Å². The second-order valence-electron chi connectivity index (χ2n) is 3.28. The fourth-order valence-electron chi connectivity index (χ4n) is 1.61. The zero-order valence-corrected chi connectivity index (χ0v) is 8.52. The number of aromatic amines is 1.